The lowest BCUT2D eigenvalue weighted by Crippen LogP contribution is -2.48. The summed E-state index contributed by atoms with van der Waals surface area (Å²) in [6, 6.07) is 21.2. The van der Waals surface area contributed by atoms with Crippen LogP contribution in [0.2, 0.25) is 0 Å². The molecule has 2 N–H and O–H groups in total. The molecule has 0 unspecified atom stereocenters. The Labute approximate surface area is 175 Å². The highest BCUT2D eigenvalue weighted by molar-refractivity contribution is 5.93. The van der Waals surface area contributed by atoms with Crippen molar-refractivity contribution in [2.45, 2.75) is 51.0 Å². The number of amides is 1. The number of para-hydroxylation sites is 1. The number of carbonyl (C=O) groups is 1. The lowest BCUT2D eigenvalue weighted by atomic mass is 10.0. The Kier molecular flexibility index (Phi) is 8.72. The molecule has 156 valence electrons. The Morgan fingerprint density at radius 3 is 2.24 bits per heavy atom. The van der Waals surface area contributed by atoms with Crippen LogP contribution in [0, 0.1) is 0 Å². The summed E-state index contributed by atoms with van der Waals surface area (Å²) in [6.07, 6.45) is 6.74. The van der Waals surface area contributed by atoms with Gasteiger partial charge in [-0.1, -0.05) is 55.0 Å². The van der Waals surface area contributed by atoms with Crippen molar-refractivity contribution in [2.24, 2.45) is 5.73 Å². The van der Waals surface area contributed by atoms with Crippen LogP contribution in [0.15, 0.2) is 60.7 Å². The molecule has 2 aromatic rings. The fourth-order valence-electron chi connectivity index (χ4n) is 4.20. The van der Waals surface area contributed by atoms with Crippen molar-refractivity contribution in [1.82, 2.24) is 4.90 Å². The smallest absolute Gasteiger partial charge is 0.227 e. The van der Waals surface area contributed by atoms with E-state index in [2.05, 4.69) is 52.3 Å². The first-order valence-electron chi connectivity index (χ1n) is 11.1. The lowest BCUT2D eigenvalue weighted by molar-refractivity contribution is -0.119. The normalized spacial score (nSPS) is 15.3. The summed E-state index contributed by atoms with van der Waals surface area (Å²) in [7, 11) is 0. The Hall–Kier alpha value is -2.17. The zero-order valence-electron chi connectivity index (χ0n) is 17.5. The van der Waals surface area contributed by atoms with Crippen molar-refractivity contribution < 1.29 is 4.79 Å². The van der Waals surface area contributed by atoms with Gasteiger partial charge in [0.05, 0.1) is 0 Å². The molecule has 4 heteroatoms. The Morgan fingerprint density at radius 1 is 0.931 bits per heavy atom. The summed E-state index contributed by atoms with van der Waals surface area (Å²) in [5.74, 6) is 0.260. The van der Waals surface area contributed by atoms with E-state index in [-0.39, 0.29) is 5.91 Å². The van der Waals surface area contributed by atoms with Crippen LogP contribution in [0.1, 0.15) is 44.1 Å². The van der Waals surface area contributed by atoms with Gasteiger partial charge in [-0.25, -0.2) is 0 Å². The maximum atomic E-state index is 13.1. The lowest BCUT2D eigenvalue weighted by Gasteiger charge is -2.38. The van der Waals surface area contributed by atoms with Gasteiger partial charge in [-0.3, -0.25) is 4.79 Å². The van der Waals surface area contributed by atoms with Crippen LogP contribution in [0.3, 0.4) is 0 Å². The van der Waals surface area contributed by atoms with Crippen molar-refractivity contribution in [3.05, 3.63) is 66.2 Å². The van der Waals surface area contributed by atoms with Crippen LogP contribution < -0.4 is 10.6 Å². The van der Waals surface area contributed by atoms with Crippen LogP contribution in [0.4, 0.5) is 5.69 Å². The molecule has 29 heavy (non-hydrogen) atoms. The van der Waals surface area contributed by atoms with Gasteiger partial charge in [0, 0.05) is 37.8 Å². The van der Waals surface area contributed by atoms with Crippen molar-refractivity contribution in [2.75, 3.05) is 31.1 Å². The molecule has 0 saturated carbocycles. The fraction of sp³-hybridized carbons (Fsp3) is 0.480. The Balaban J connectivity index is 1.55. The average Bonchev–Trinajstić information content (AvgIpc) is 2.78. The van der Waals surface area contributed by atoms with E-state index in [1.165, 1.54) is 5.56 Å². The van der Waals surface area contributed by atoms with Gasteiger partial charge in [0.15, 0.2) is 0 Å². The highest BCUT2D eigenvalue weighted by Crippen LogP contribution is 2.25. The monoisotopic (exact) mass is 393 g/mol. The summed E-state index contributed by atoms with van der Waals surface area (Å²) < 4.78 is 0. The third kappa shape index (κ3) is 6.69. The molecule has 1 aliphatic rings. The number of nitrogens with two attached hydrogens (primary N) is 1. The first-order chi connectivity index (χ1) is 14.3. The molecule has 1 fully saturated rings. The van der Waals surface area contributed by atoms with Gasteiger partial charge >= 0.3 is 0 Å². The van der Waals surface area contributed by atoms with Gasteiger partial charge in [-0.05, 0) is 56.3 Å². The van der Waals surface area contributed by atoms with Gasteiger partial charge in [0.25, 0.3) is 0 Å². The second-order valence-corrected chi connectivity index (χ2v) is 8.01. The molecule has 0 spiro atoms. The molecular weight excluding hydrogens is 358 g/mol. The molecule has 0 aromatic heterocycles. The minimum absolute atomic E-state index is 0.260. The van der Waals surface area contributed by atoms with Gasteiger partial charge in [-0.15, -0.1) is 0 Å². The second kappa shape index (κ2) is 11.7. The number of rotatable bonds is 10. The summed E-state index contributed by atoms with van der Waals surface area (Å²) in [5.41, 5.74) is 8.03. The highest BCUT2D eigenvalue weighted by atomic mass is 16.2. The fourth-order valence-corrected chi connectivity index (χ4v) is 4.20. The molecular formula is C25H35N3O. The maximum absolute atomic E-state index is 13.1. The molecule has 2 aromatic carbocycles. The Morgan fingerprint density at radius 2 is 1.59 bits per heavy atom. The van der Waals surface area contributed by atoms with E-state index in [4.69, 9.17) is 5.73 Å². The Bertz CT molecular complexity index is 711. The predicted molar refractivity (Wildman–Crippen MR) is 121 cm³/mol. The standard InChI is InChI=1S/C25H35N3O/c26-18-9-3-8-14-25(29)28(23-12-6-2-7-13-23)24-16-20-27(21-17-24)19-15-22-10-4-1-5-11-22/h1-2,4-7,10-13,24H,3,8-9,14-21,26H2. The zero-order valence-corrected chi connectivity index (χ0v) is 17.5. The van der Waals surface area contributed by atoms with Crippen LogP contribution in [0.25, 0.3) is 0 Å². The first kappa shape index (κ1) is 21.5. The predicted octanol–water partition coefficient (Wildman–Crippen LogP) is 4.25. The van der Waals surface area contributed by atoms with Crippen molar-refractivity contribution >= 4 is 11.6 Å². The number of nitrogens with zero attached hydrogens (tertiary/aromatic N) is 2. The summed E-state index contributed by atoms with van der Waals surface area (Å²) in [5, 5.41) is 0. The molecule has 0 radical (unpaired) electrons. The SMILES string of the molecule is NCCCCCC(=O)N(c1ccccc1)C1CCN(CCc2ccccc2)CC1. The maximum Gasteiger partial charge on any atom is 0.227 e. The van der Waals surface area contributed by atoms with Crippen LogP contribution >= 0.6 is 0 Å². The number of anilines is 1. The third-order valence-corrected chi connectivity index (χ3v) is 5.88. The summed E-state index contributed by atoms with van der Waals surface area (Å²) in [6.45, 7) is 3.91. The van der Waals surface area contributed by atoms with Crippen molar-refractivity contribution in [3.8, 4) is 0 Å². The molecule has 1 amide bonds. The van der Waals surface area contributed by atoms with Gasteiger partial charge < -0.3 is 15.5 Å². The van der Waals surface area contributed by atoms with E-state index in [0.717, 1.165) is 63.8 Å². The number of hydrogen-bond donors (Lipinski definition) is 1. The molecule has 1 aliphatic heterocycles. The van der Waals surface area contributed by atoms with Crippen molar-refractivity contribution in [3.63, 3.8) is 0 Å². The van der Waals surface area contributed by atoms with Gasteiger partial charge in [0.1, 0.15) is 0 Å². The minimum atomic E-state index is 0.260. The van der Waals surface area contributed by atoms with Crippen molar-refractivity contribution in [1.29, 1.82) is 0 Å². The van der Waals surface area contributed by atoms with E-state index < -0.39 is 0 Å². The van der Waals surface area contributed by atoms with E-state index in [1.54, 1.807) is 0 Å². The van der Waals surface area contributed by atoms with Crippen LogP contribution in [0.5, 0.6) is 0 Å². The first-order valence-corrected chi connectivity index (χ1v) is 11.1. The largest absolute Gasteiger partial charge is 0.330 e. The minimum Gasteiger partial charge on any atom is -0.330 e. The van der Waals surface area contributed by atoms with Gasteiger partial charge in [-0.2, -0.15) is 0 Å². The number of piperidine rings is 1. The number of carbonyl (C=O) groups excluding carboxylic acids is 1. The number of benzene rings is 2. The number of unbranched alkanes of at least 4 members (excludes halogenated alkanes) is 2. The number of likely N-dealkylation sites (tertiary alicyclic amines) is 1. The third-order valence-electron chi connectivity index (χ3n) is 5.88. The van der Waals surface area contributed by atoms with Gasteiger partial charge in [0.2, 0.25) is 5.91 Å². The summed E-state index contributed by atoms with van der Waals surface area (Å²) in [4.78, 5) is 17.7. The molecule has 1 heterocycles. The van der Waals surface area contributed by atoms with E-state index in [9.17, 15) is 4.79 Å². The van der Waals surface area contributed by atoms with Crippen LogP contribution in [-0.4, -0.2) is 43.0 Å². The van der Waals surface area contributed by atoms with E-state index in [0.29, 0.717) is 19.0 Å². The second-order valence-electron chi connectivity index (χ2n) is 8.01. The quantitative estimate of drug-likeness (QED) is 0.614. The molecule has 1 saturated heterocycles. The highest BCUT2D eigenvalue weighted by Gasteiger charge is 2.28. The molecule has 4 nitrogen and oxygen atoms in total. The van der Waals surface area contributed by atoms with E-state index >= 15 is 0 Å². The molecule has 3 rings (SSSR count). The van der Waals surface area contributed by atoms with Crippen LogP contribution in [-0.2, 0) is 11.2 Å². The zero-order chi connectivity index (χ0) is 20.3. The molecule has 0 atom stereocenters. The van der Waals surface area contributed by atoms with E-state index in [1.807, 2.05) is 18.2 Å². The topological polar surface area (TPSA) is 49.6 Å². The molecule has 0 bridgehead atoms. The number of hydrogen-bond acceptors (Lipinski definition) is 3. The summed E-state index contributed by atoms with van der Waals surface area (Å²) >= 11 is 0. The average molecular weight is 394 g/mol. The molecule has 0 aliphatic carbocycles.